The summed E-state index contributed by atoms with van der Waals surface area (Å²) in [5, 5.41) is 21.9. The van der Waals surface area contributed by atoms with Crippen molar-refractivity contribution in [3.05, 3.63) is 95.1 Å². The smallest absolute Gasteiger partial charge is 0.407 e. The van der Waals surface area contributed by atoms with Crippen LogP contribution in [0.2, 0.25) is 0 Å². The fourth-order valence-electron chi connectivity index (χ4n) is 4.32. The van der Waals surface area contributed by atoms with Gasteiger partial charge in [-0.05, 0) is 52.4 Å². The Kier molecular flexibility index (Phi) is 7.70. The Balaban J connectivity index is 1.30. The maximum Gasteiger partial charge on any atom is 0.407 e. The van der Waals surface area contributed by atoms with Crippen LogP contribution in [0.15, 0.2) is 72.8 Å². The van der Waals surface area contributed by atoms with Gasteiger partial charge in [-0.25, -0.2) is 9.59 Å². The second-order valence-corrected chi connectivity index (χ2v) is 8.28. The van der Waals surface area contributed by atoms with Crippen molar-refractivity contribution in [2.45, 2.75) is 12.3 Å². The first-order valence-corrected chi connectivity index (χ1v) is 11.6. The van der Waals surface area contributed by atoms with Gasteiger partial charge in [0.05, 0.1) is 7.11 Å². The highest BCUT2D eigenvalue weighted by molar-refractivity contribution is 5.86. The van der Waals surface area contributed by atoms with Crippen molar-refractivity contribution in [3.8, 4) is 22.6 Å². The molecule has 1 aliphatic carbocycles. The summed E-state index contributed by atoms with van der Waals surface area (Å²) in [6.07, 6.45) is 5.92. The lowest BCUT2D eigenvalue weighted by Crippen LogP contribution is -2.26. The number of nitrogens with one attached hydrogen (secondary N) is 1. The Hall–Kier alpha value is -4.52. The number of hydrogen-bond acceptors (Lipinski definition) is 5. The normalized spacial score (nSPS) is 12.5. The van der Waals surface area contributed by atoms with E-state index in [2.05, 4.69) is 29.6 Å². The molecule has 36 heavy (non-hydrogen) atoms. The SMILES string of the molecule is COc1cc(C=CC(=O)O)cc(C=CCCNC(=O)OCC2c3ccccc3-c3ccccc32)c1O. The molecule has 0 unspecified atom stereocenters. The summed E-state index contributed by atoms with van der Waals surface area (Å²) < 4.78 is 10.7. The van der Waals surface area contributed by atoms with Crippen molar-refractivity contribution < 1.29 is 29.3 Å². The van der Waals surface area contributed by atoms with Gasteiger partial charge >= 0.3 is 12.1 Å². The number of aromatic hydroxyl groups is 1. The van der Waals surface area contributed by atoms with E-state index in [1.165, 1.54) is 24.3 Å². The summed E-state index contributed by atoms with van der Waals surface area (Å²) in [5.41, 5.74) is 5.71. The van der Waals surface area contributed by atoms with Crippen LogP contribution in [0.4, 0.5) is 4.79 Å². The summed E-state index contributed by atoms with van der Waals surface area (Å²) >= 11 is 0. The minimum Gasteiger partial charge on any atom is -0.504 e. The zero-order valence-corrected chi connectivity index (χ0v) is 19.8. The Labute approximate surface area is 209 Å². The van der Waals surface area contributed by atoms with Gasteiger partial charge in [0.2, 0.25) is 0 Å². The molecule has 0 heterocycles. The van der Waals surface area contributed by atoms with Gasteiger partial charge in [0.25, 0.3) is 0 Å². The van der Waals surface area contributed by atoms with E-state index in [9.17, 15) is 14.7 Å². The molecule has 0 fully saturated rings. The number of methoxy groups -OCH3 is 1. The lowest BCUT2D eigenvalue weighted by molar-refractivity contribution is -0.131. The van der Waals surface area contributed by atoms with Crippen LogP contribution in [-0.4, -0.2) is 42.5 Å². The maximum absolute atomic E-state index is 12.3. The number of phenols is 1. The van der Waals surface area contributed by atoms with Crippen LogP contribution >= 0.6 is 0 Å². The summed E-state index contributed by atoms with van der Waals surface area (Å²) in [6.45, 7) is 0.601. The molecule has 3 aromatic rings. The number of amides is 1. The molecule has 184 valence electrons. The summed E-state index contributed by atoms with van der Waals surface area (Å²) in [4.78, 5) is 23.1. The van der Waals surface area contributed by atoms with Crippen LogP contribution in [0, 0.1) is 0 Å². The van der Waals surface area contributed by atoms with Crippen LogP contribution in [0.5, 0.6) is 11.5 Å². The van der Waals surface area contributed by atoms with E-state index in [0.29, 0.717) is 24.1 Å². The average Bonchev–Trinajstić information content (AvgIpc) is 3.21. The van der Waals surface area contributed by atoms with Crippen molar-refractivity contribution in [3.63, 3.8) is 0 Å². The van der Waals surface area contributed by atoms with Gasteiger partial charge in [0.1, 0.15) is 6.61 Å². The Morgan fingerprint density at radius 2 is 1.67 bits per heavy atom. The molecular weight excluding hydrogens is 458 g/mol. The summed E-state index contributed by atoms with van der Waals surface area (Å²) in [6, 6.07) is 19.5. The summed E-state index contributed by atoms with van der Waals surface area (Å²) in [7, 11) is 1.42. The van der Waals surface area contributed by atoms with E-state index >= 15 is 0 Å². The molecule has 0 aromatic heterocycles. The molecule has 0 spiro atoms. The standard InChI is InChI=1S/C29H27NO6/c1-35-26-17-19(13-14-27(31)32)16-20(28(26)33)8-6-7-15-30-29(34)36-18-25-23-11-4-2-9-21(23)22-10-3-5-12-24(22)25/h2-6,8-14,16-17,25,33H,7,15,18H2,1H3,(H,30,34)(H,31,32). The minimum atomic E-state index is -1.07. The highest BCUT2D eigenvalue weighted by atomic mass is 16.5. The zero-order chi connectivity index (χ0) is 25.5. The molecule has 3 N–H and O–H groups in total. The first-order chi connectivity index (χ1) is 17.5. The lowest BCUT2D eigenvalue weighted by atomic mass is 9.98. The quantitative estimate of drug-likeness (QED) is 0.275. The molecular formula is C29H27NO6. The van der Waals surface area contributed by atoms with Gasteiger partial charge in [-0.1, -0.05) is 60.7 Å². The number of rotatable bonds is 9. The molecule has 1 aliphatic rings. The molecule has 3 aromatic carbocycles. The van der Waals surface area contributed by atoms with E-state index in [1.807, 2.05) is 24.3 Å². The lowest BCUT2D eigenvalue weighted by Gasteiger charge is -2.14. The number of carboxylic acids is 1. The topological polar surface area (TPSA) is 105 Å². The Morgan fingerprint density at radius 1 is 1.00 bits per heavy atom. The molecule has 7 nitrogen and oxygen atoms in total. The van der Waals surface area contributed by atoms with E-state index in [0.717, 1.165) is 17.2 Å². The van der Waals surface area contributed by atoms with Crippen molar-refractivity contribution in [1.82, 2.24) is 5.32 Å². The van der Waals surface area contributed by atoms with Crippen molar-refractivity contribution in [1.29, 1.82) is 0 Å². The van der Waals surface area contributed by atoms with Crippen LogP contribution in [0.1, 0.15) is 34.6 Å². The van der Waals surface area contributed by atoms with Gasteiger partial charge in [0.15, 0.2) is 11.5 Å². The van der Waals surface area contributed by atoms with E-state index < -0.39 is 12.1 Å². The molecule has 4 rings (SSSR count). The van der Waals surface area contributed by atoms with Gasteiger partial charge in [-0.15, -0.1) is 0 Å². The first-order valence-electron chi connectivity index (χ1n) is 11.6. The average molecular weight is 486 g/mol. The number of aliphatic carboxylic acids is 1. The molecule has 0 radical (unpaired) electrons. The third-order valence-electron chi connectivity index (χ3n) is 5.99. The van der Waals surface area contributed by atoms with E-state index in [1.54, 1.807) is 24.3 Å². The van der Waals surface area contributed by atoms with E-state index in [-0.39, 0.29) is 24.0 Å². The van der Waals surface area contributed by atoms with Crippen LogP contribution < -0.4 is 10.1 Å². The second-order valence-electron chi connectivity index (χ2n) is 8.28. The Morgan fingerprint density at radius 3 is 2.31 bits per heavy atom. The van der Waals surface area contributed by atoms with Crippen molar-refractivity contribution in [2.75, 3.05) is 20.3 Å². The largest absolute Gasteiger partial charge is 0.504 e. The van der Waals surface area contributed by atoms with Crippen LogP contribution in [-0.2, 0) is 9.53 Å². The van der Waals surface area contributed by atoms with Crippen LogP contribution in [0.3, 0.4) is 0 Å². The monoisotopic (exact) mass is 485 g/mol. The Bertz CT molecular complexity index is 1280. The molecule has 7 heteroatoms. The molecule has 0 aliphatic heterocycles. The fraction of sp³-hybridized carbons (Fsp3) is 0.172. The second kappa shape index (κ2) is 11.3. The van der Waals surface area contributed by atoms with E-state index in [4.69, 9.17) is 14.6 Å². The highest BCUT2D eigenvalue weighted by Crippen LogP contribution is 2.44. The van der Waals surface area contributed by atoms with Gasteiger partial charge in [-0.2, -0.15) is 0 Å². The number of carbonyl (C=O) groups is 2. The van der Waals surface area contributed by atoms with Gasteiger partial charge in [-0.3, -0.25) is 0 Å². The fourth-order valence-corrected chi connectivity index (χ4v) is 4.32. The number of carbonyl (C=O) groups excluding carboxylic acids is 1. The number of ether oxygens (including phenoxy) is 2. The number of benzene rings is 3. The van der Waals surface area contributed by atoms with Gasteiger partial charge < -0.3 is 25.0 Å². The maximum atomic E-state index is 12.3. The third-order valence-corrected chi connectivity index (χ3v) is 5.99. The third kappa shape index (κ3) is 5.58. The molecule has 0 bridgehead atoms. The number of alkyl carbamates (subject to hydrolysis) is 1. The summed E-state index contributed by atoms with van der Waals surface area (Å²) in [5.74, 6) is -0.883. The zero-order valence-electron chi connectivity index (χ0n) is 19.8. The number of fused-ring (bicyclic) bond motifs is 3. The molecule has 0 saturated carbocycles. The molecule has 0 atom stereocenters. The van der Waals surface area contributed by atoms with Crippen molar-refractivity contribution in [2.24, 2.45) is 0 Å². The van der Waals surface area contributed by atoms with Crippen molar-refractivity contribution >= 4 is 24.2 Å². The predicted molar refractivity (Wildman–Crippen MR) is 138 cm³/mol. The predicted octanol–water partition coefficient (Wildman–Crippen LogP) is 5.44. The van der Waals surface area contributed by atoms with Crippen LogP contribution in [0.25, 0.3) is 23.3 Å². The minimum absolute atomic E-state index is 0.00320. The number of carboxylic acid groups (broad SMARTS) is 1. The number of hydrogen-bond donors (Lipinski definition) is 3. The first kappa shape index (κ1) is 24.6. The number of phenolic OH excluding ortho intramolecular Hbond substituents is 1. The molecule has 1 amide bonds. The highest BCUT2D eigenvalue weighted by Gasteiger charge is 2.28. The van der Waals surface area contributed by atoms with Gasteiger partial charge in [0, 0.05) is 24.1 Å². The molecule has 0 saturated heterocycles.